The largest absolute Gasteiger partial charge is 0.480 e. The van der Waals surface area contributed by atoms with Crippen LogP contribution in [-0.2, 0) is 4.79 Å². The molecule has 0 bridgehead atoms. The molecule has 4 heteroatoms. The molecule has 82 valence electrons. The van der Waals surface area contributed by atoms with E-state index in [2.05, 4.69) is 5.32 Å². The molecule has 0 aromatic carbocycles. The summed E-state index contributed by atoms with van der Waals surface area (Å²) in [5.41, 5.74) is -0.814. The van der Waals surface area contributed by atoms with E-state index in [4.69, 9.17) is 9.52 Å². The van der Waals surface area contributed by atoms with Crippen molar-refractivity contribution in [2.45, 2.75) is 31.7 Å². The maximum Gasteiger partial charge on any atom is 0.323 e. The summed E-state index contributed by atoms with van der Waals surface area (Å²) < 4.78 is 5.51. The lowest BCUT2D eigenvalue weighted by Gasteiger charge is -2.17. The monoisotopic (exact) mass is 209 g/mol. The molecule has 0 spiro atoms. The number of aryl methyl sites for hydroxylation is 1. The first-order valence-electron chi connectivity index (χ1n) is 5.06. The molecule has 1 aromatic heterocycles. The maximum atomic E-state index is 11.0. The van der Waals surface area contributed by atoms with Gasteiger partial charge in [0.2, 0.25) is 0 Å². The minimum Gasteiger partial charge on any atom is -0.480 e. The molecule has 1 fully saturated rings. The summed E-state index contributed by atoms with van der Waals surface area (Å²) in [6.45, 7) is 4.27. The van der Waals surface area contributed by atoms with Gasteiger partial charge < -0.3 is 14.8 Å². The third-order valence-corrected chi connectivity index (χ3v) is 3.03. The van der Waals surface area contributed by atoms with Crippen molar-refractivity contribution in [2.75, 3.05) is 6.54 Å². The Labute approximate surface area is 88.3 Å². The van der Waals surface area contributed by atoms with Gasteiger partial charge in [-0.1, -0.05) is 0 Å². The maximum absolute atomic E-state index is 11.0. The summed E-state index contributed by atoms with van der Waals surface area (Å²) in [7, 11) is 0. The van der Waals surface area contributed by atoms with Crippen LogP contribution in [0.3, 0.4) is 0 Å². The van der Waals surface area contributed by atoms with Gasteiger partial charge in [-0.05, 0) is 32.4 Å². The first-order chi connectivity index (χ1) is 7.01. The van der Waals surface area contributed by atoms with Gasteiger partial charge in [0.05, 0.1) is 0 Å². The number of rotatable bonds is 2. The molecule has 2 unspecified atom stereocenters. The molecule has 0 aliphatic carbocycles. The molecule has 2 rings (SSSR count). The fraction of sp³-hybridized carbons (Fsp3) is 0.545. The Bertz CT molecular complexity index is 385. The molecule has 1 saturated heterocycles. The fourth-order valence-corrected chi connectivity index (χ4v) is 2.02. The molecule has 1 aliphatic heterocycles. The molecule has 2 atom stereocenters. The van der Waals surface area contributed by atoms with E-state index in [-0.39, 0.29) is 5.92 Å². The SMILES string of the molecule is Cc1ccc(C2CNC(C)(C(=O)O)C2)o1. The Balaban J connectivity index is 2.14. The predicted molar refractivity (Wildman–Crippen MR) is 54.8 cm³/mol. The number of carboxylic acids is 1. The number of furan rings is 1. The molecule has 2 N–H and O–H groups in total. The van der Waals surface area contributed by atoms with Gasteiger partial charge >= 0.3 is 5.97 Å². The standard InChI is InChI=1S/C11H15NO3/c1-7-3-4-9(15-7)8-5-11(2,10(13)14)12-6-8/h3-4,8,12H,5-6H2,1-2H3,(H,13,14). The second-order valence-corrected chi connectivity index (χ2v) is 4.37. The summed E-state index contributed by atoms with van der Waals surface area (Å²) in [4.78, 5) is 11.0. The molecular formula is C11H15NO3. The van der Waals surface area contributed by atoms with Crippen LogP contribution in [0.1, 0.15) is 30.8 Å². The topological polar surface area (TPSA) is 62.5 Å². The molecular weight excluding hydrogens is 194 g/mol. The smallest absolute Gasteiger partial charge is 0.323 e. The second-order valence-electron chi connectivity index (χ2n) is 4.37. The molecule has 4 nitrogen and oxygen atoms in total. The van der Waals surface area contributed by atoms with Crippen LogP contribution in [0.15, 0.2) is 16.5 Å². The number of hydrogen-bond acceptors (Lipinski definition) is 3. The van der Waals surface area contributed by atoms with Crippen LogP contribution in [0.25, 0.3) is 0 Å². The van der Waals surface area contributed by atoms with E-state index in [0.717, 1.165) is 11.5 Å². The van der Waals surface area contributed by atoms with Gasteiger partial charge in [0, 0.05) is 12.5 Å². The normalized spacial score (nSPS) is 30.7. The van der Waals surface area contributed by atoms with E-state index in [1.165, 1.54) is 0 Å². The van der Waals surface area contributed by atoms with Gasteiger partial charge in [0.15, 0.2) is 0 Å². The first-order valence-corrected chi connectivity index (χ1v) is 5.06. The number of hydrogen-bond donors (Lipinski definition) is 2. The van der Waals surface area contributed by atoms with Crippen molar-refractivity contribution < 1.29 is 14.3 Å². The predicted octanol–water partition coefficient (Wildman–Crippen LogP) is 1.51. The Morgan fingerprint density at radius 3 is 2.87 bits per heavy atom. The van der Waals surface area contributed by atoms with E-state index < -0.39 is 11.5 Å². The van der Waals surface area contributed by atoms with Gasteiger partial charge in [0.1, 0.15) is 17.1 Å². The number of aliphatic carboxylic acids is 1. The van der Waals surface area contributed by atoms with E-state index >= 15 is 0 Å². The minimum absolute atomic E-state index is 0.166. The Morgan fingerprint density at radius 1 is 1.67 bits per heavy atom. The van der Waals surface area contributed by atoms with Crippen molar-refractivity contribution in [2.24, 2.45) is 0 Å². The van der Waals surface area contributed by atoms with Crippen LogP contribution in [-0.4, -0.2) is 23.2 Å². The minimum atomic E-state index is -0.814. The quantitative estimate of drug-likeness (QED) is 0.775. The first kappa shape index (κ1) is 10.2. The van der Waals surface area contributed by atoms with Gasteiger partial charge in [-0.15, -0.1) is 0 Å². The van der Waals surface area contributed by atoms with Crippen molar-refractivity contribution in [3.05, 3.63) is 23.7 Å². The van der Waals surface area contributed by atoms with Crippen LogP contribution in [0.5, 0.6) is 0 Å². The highest BCUT2D eigenvalue weighted by molar-refractivity contribution is 5.78. The van der Waals surface area contributed by atoms with E-state index in [0.29, 0.717) is 13.0 Å². The number of carbonyl (C=O) groups is 1. The number of nitrogens with one attached hydrogen (secondary N) is 1. The van der Waals surface area contributed by atoms with E-state index in [1.54, 1.807) is 6.92 Å². The third kappa shape index (κ3) is 1.77. The Hall–Kier alpha value is -1.29. The third-order valence-electron chi connectivity index (χ3n) is 3.03. The Morgan fingerprint density at radius 2 is 2.40 bits per heavy atom. The molecule has 0 saturated carbocycles. The molecule has 2 heterocycles. The highest BCUT2D eigenvalue weighted by Gasteiger charge is 2.42. The van der Waals surface area contributed by atoms with Crippen molar-refractivity contribution in [3.8, 4) is 0 Å². The van der Waals surface area contributed by atoms with Crippen molar-refractivity contribution in [1.29, 1.82) is 0 Å². The zero-order valence-electron chi connectivity index (χ0n) is 8.91. The van der Waals surface area contributed by atoms with Crippen LogP contribution in [0, 0.1) is 6.92 Å². The lowest BCUT2D eigenvalue weighted by molar-refractivity contribution is -0.143. The average molecular weight is 209 g/mol. The summed E-state index contributed by atoms with van der Waals surface area (Å²) in [6, 6.07) is 3.83. The second kappa shape index (κ2) is 3.38. The van der Waals surface area contributed by atoms with Crippen molar-refractivity contribution in [1.82, 2.24) is 5.32 Å². The average Bonchev–Trinajstić information content (AvgIpc) is 2.73. The van der Waals surface area contributed by atoms with Crippen LogP contribution >= 0.6 is 0 Å². The molecule has 0 radical (unpaired) electrons. The van der Waals surface area contributed by atoms with Gasteiger partial charge in [-0.2, -0.15) is 0 Å². The van der Waals surface area contributed by atoms with Crippen LogP contribution in [0.4, 0.5) is 0 Å². The molecule has 15 heavy (non-hydrogen) atoms. The van der Waals surface area contributed by atoms with Crippen molar-refractivity contribution in [3.63, 3.8) is 0 Å². The van der Waals surface area contributed by atoms with Gasteiger partial charge in [-0.3, -0.25) is 4.79 Å². The van der Waals surface area contributed by atoms with Gasteiger partial charge in [0.25, 0.3) is 0 Å². The highest BCUT2D eigenvalue weighted by Crippen LogP contribution is 2.32. The zero-order chi connectivity index (χ0) is 11.1. The van der Waals surface area contributed by atoms with E-state index in [1.807, 2.05) is 19.1 Å². The highest BCUT2D eigenvalue weighted by atomic mass is 16.4. The summed E-state index contributed by atoms with van der Waals surface area (Å²) in [5.74, 6) is 1.12. The zero-order valence-corrected chi connectivity index (χ0v) is 8.91. The molecule has 1 aliphatic rings. The van der Waals surface area contributed by atoms with Crippen molar-refractivity contribution >= 4 is 5.97 Å². The van der Waals surface area contributed by atoms with Gasteiger partial charge in [-0.25, -0.2) is 0 Å². The van der Waals surface area contributed by atoms with Crippen LogP contribution < -0.4 is 5.32 Å². The summed E-state index contributed by atoms with van der Waals surface area (Å²) in [6.07, 6.45) is 0.579. The lowest BCUT2D eigenvalue weighted by atomic mass is 9.94. The van der Waals surface area contributed by atoms with E-state index in [9.17, 15) is 4.79 Å². The lowest BCUT2D eigenvalue weighted by Crippen LogP contribution is -2.44. The molecule has 0 amide bonds. The Kier molecular flexibility index (Phi) is 2.31. The fourth-order valence-electron chi connectivity index (χ4n) is 2.02. The summed E-state index contributed by atoms with van der Waals surface area (Å²) >= 11 is 0. The number of carboxylic acid groups (broad SMARTS) is 1. The summed E-state index contributed by atoms with van der Waals surface area (Å²) in [5, 5.41) is 12.1. The van der Waals surface area contributed by atoms with Crippen LogP contribution in [0.2, 0.25) is 0 Å². The molecule has 1 aromatic rings.